The highest BCUT2D eigenvalue weighted by atomic mass is 16.5. The van der Waals surface area contributed by atoms with Crippen molar-refractivity contribution in [2.75, 3.05) is 20.7 Å². The molecule has 68 valence electrons. The monoisotopic (exact) mass is 159 g/mol. The van der Waals surface area contributed by atoms with Gasteiger partial charge in [-0.1, -0.05) is 20.8 Å². The van der Waals surface area contributed by atoms with E-state index in [1.165, 1.54) is 0 Å². The van der Waals surface area contributed by atoms with Gasteiger partial charge in [0.15, 0.2) is 0 Å². The van der Waals surface area contributed by atoms with Crippen molar-refractivity contribution < 1.29 is 4.74 Å². The fourth-order valence-corrected chi connectivity index (χ4v) is 1.15. The van der Waals surface area contributed by atoms with Crippen LogP contribution >= 0.6 is 0 Å². The SMILES string of the molecule is CNCC(CC(C)(C)C)OC. The van der Waals surface area contributed by atoms with E-state index in [4.69, 9.17) is 4.74 Å². The van der Waals surface area contributed by atoms with Gasteiger partial charge in [0, 0.05) is 13.7 Å². The van der Waals surface area contributed by atoms with Crippen LogP contribution < -0.4 is 5.32 Å². The molecule has 0 fully saturated rings. The average molecular weight is 159 g/mol. The van der Waals surface area contributed by atoms with Crippen LogP contribution in [0.4, 0.5) is 0 Å². The summed E-state index contributed by atoms with van der Waals surface area (Å²) in [5.41, 5.74) is 0.359. The fraction of sp³-hybridized carbons (Fsp3) is 1.00. The van der Waals surface area contributed by atoms with Crippen LogP contribution in [0.3, 0.4) is 0 Å². The topological polar surface area (TPSA) is 21.3 Å². The van der Waals surface area contributed by atoms with Crippen molar-refractivity contribution in [2.24, 2.45) is 5.41 Å². The lowest BCUT2D eigenvalue weighted by atomic mass is 9.89. The van der Waals surface area contributed by atoms with E-state index in [9.17, 15) is 0 Å². The molecule has 1 N–H and O–H groups in total. The molecular formula is C9H21NO. The minimum Gasteiger partial charge on any atom is -0.380 e. The van der Waals surface area contributed by atoms with Gasteiger partial charge in [0.1, 0.15) is 0 Å². The predicted octanol–water partition coefficient (Wildman–Crippen LogP) is 1.66. The number of hydrogen-bond acceptors (Lipinski definition) is 2. The number of nitrogens with one attached hydrogen (secondary N) is 1. The van der Waals surface area contributed by atoms with Crippen molar-refractivity contribution in [2.45, 2.75) is 33.3 Å². The third-order valence-electron chi connectivity index (χ3n) is 1.61. The molecule has 11 heavy (non-hydrogen) atoms. The van der Waals surface area contributed by atoms with Crippen LogP contribution in [0.1, 0.15) is 27.2 Å². The average Bonchev–Trinajstić information content (AvgIpc) is 1.84. The number of methoxy groups -OCH3 is 1. The Hall–Kier alpha value is -0.0800. The summed E-state index contributed by atoms with van der Waals surface area (Å²) in [6.07, 6.45) is 1.45. The van der Waals surface area contributed by atoms with Crippen molar-refractivity contribution in [3.8, 4) is 0 Å². The molecule has 0 rings (SSSR count). The van der Waals surface area contributed by atoms with E-state index in [1.807, 2.05) is 7.05 Å². The quantitative estimate of drug-likeness (QED) is 0.673. The van der Waals surface area contributed by atoms with E-state index in [-0.39, 0.29) is 0 Å². The van der Waals surface area contributed by atoms with Gasteiger partial charge in [-0.05, 0) is 18.9 Å². The fourth-order valence-electron chi connectivity index (χ4n) is 1.15. The second kappa shape index (κ2) is 4.73. The van der Waals surface area contributed by atoms with E-state index in [2.05, 4.69) is 26.1 Å². The van der Waals surface area contributed by atoms with Gasteiger partial charge in [-0.15, -0.1) is 0 Å². The molecule has 0 aliphatic rings. The van der Waals surface area contributed by atoms with Crippen molar-refractivity contribution >= 4 is 0 Å². The summed E-state index contributed by atoms with van der Waals surface area (Å²) in [7, 11) is 3.72. The summed E-state index contributed by atoms with van der Waals surface area (Å²) in [4.78, 5) is 0. The standard InChI is InChI=1S/C9H21NO/c1-9(2,3)6-8(11-5)7-10-4/h8,10H,6-7H2,1-5H3. The van der Waals surface area contributed by atoms with Gasteiger partial charge in [-0.2, -0.15) is 0 Å². The molecule has 0 bridgehead atoms. The Labute approximate surface area is 70.3 Å². The van der Waals surface area contributed by atoms with Crippen LogP contribution in [0.5, 0.6) is 0 Å². The summed E-state index contributed by atoms with van der Waals surface area (Å²) in [5, 5.41) is 3.12. The highest BCUT2D eigenvalue weighted by Gasteiger charge is 2.17. The van der Waals surface area contributed by atoms with Gasteiger partial charge < -0.3 is 10.1 Å². The van der Waals surface area contributed by atoms with Crippen LogP contribution in [-0.2, 0) is 4.74 Å². The predicted molar refractivity (Wildman–Crippen MR) is 48.8 cm³/mol. The zero-order valence-electron chi connectivity index (χ0n) is 8.40. The van der Waals surface area contributed by atoms with Crippen molar-refractivity contribution in [3.05, 3.63) is 0 Å². The van der Waals surface area contributed by atoms with Gasteiger partial charge >= 0.3 is 0 Å². The second-order valence-corrected chi connectivity index (χ2v) is 4.18. The molecule has 0 spiro atoms. The second-order valence-electron chi connectivity index (χ2n) is 4.18. The molecule has 0 aliphatic carbocycles. The minimum absolute atomic E-state index is 0.347. The van der Waals surface area contributed by atoms with E-state index in [1.54, 1.807) is 7.11 Å². The zero-order valence-corrected chi connectivity index (χ0v) is 8.40. The van der Waals surface area contributed by atoms with Crippen molar-refractivity contribution in [1.29, 1.82) is 0 Å². The molecule has 0 aliphatic heterocycles. The van der Waals surface area contributed by atoms with Crippen LogP contribution in [0, 0.1) is 5.41 Å². The molecule has 0 saturated heterocycles. The smallest absolute Gasteiger partial charge is 0.0700 e. The molecule has 0 saturated carbocycles. The highest BCUT2D eigenvalue weighted by Crippen LogP contribution is 2.21. The van der Waals surface area contributed by atoms with Gasteiger partial charge in [0.05, 0.1) is 6.10 Å². The van der Waals surface area contributed by atoms with Crippen LogP contribution in [0.25, 0.3) is 0 Å². The Morgan fingerprint density at radius 2 is 1.91 bits per heavy atom. The largest absolute Gasteiger partial charge is 0.380 e. The normalized spacial score (nSPS) is 15.0. The van der Waals surface area contributed by atoms with Crippen molar-refractivity contribution in [3.63, 3.8) is 0 Å². The Morgan fingerprint density at radius 1 is 1.36 bits per heavy atom. The zero-order chi connectivity index (χ0) is 8.91. The van der Waals surface area contributed by atoms with E-state index >= 15 is 0 Å². The Morgan fingerprint density at radius 3 is 2.18 bits per heavy atom. The van der Waals surface area contributed by atoms with E-state index in [0.717, 1.165) is 13.0 Å². The van der Waals surface area contributed by atoms with E-state index < -0.39 is 0 Å². The lowest BCUT2D eigenvalue weighted by Crippen LogP contribution is -2.29. The first-order valence-corrected chi connectivity index (χ1v) is 4.17. The van der Waals surface area contributed by atoms with Crippen molar-refractivity contribution in [1.82, 2.24) is 5.32 Å². The first-order chi connectivity index (χ1) is 4.99. The minimum atomic E-state index is 0.347. The molecular weight excluding hydrogens is 138 g/mol. The summed E-state index contributed by atoms with van der Waals surface area (Å²) < 4.78 is 5.30. The molecule has 0 heterocycles. The summed E-state index contributed by atoms with van der Waals surface area (Å²) in [5.74, 6) is 0. The Kier molecular flexibility index (Phi) is 4.69. The van der Waals surface area contributed by atoms with Crippen LogP contribution in [0.15, 0.2) is 0 Å². The number of hydrogen-bond donors (Lipinski definition) is 1. The van der Waals surface area contributed by atoms with Gasteiger partial charge in [0.25, 0.3) is 0 Å². The lowest BCUT2D eigenvalue weighted by Gasteiger charge is -2.24. The molecule has 0 aromatic rings. The highest BCUT2D eigenvalue weighted by molar-refractivity contribution is 4.70. The molecule has 1 unspecified atom stereocenters. The molecule has 0 radical (unpaired) electrons. The third kappa shape index (κ3) is 6.32. The van der Waals surface area contributed by atoms with Gasteiger partial charge in [0.2, 0.25) is 0 Å². The Balaban J connectivity index is 3.68. The van der Waals surface area contributed by atoms with E-state index in [0.29, 0.717) is 11.5 Å². The Bertz CT molecular complexity index is 96.2. The lowest BCUT2D eigenvalue weighted by molar-refractivity contribution is 0.0676. The number of likely N-dealkylation sites (N-methyl/N-ethyl adjacent to an activating group) is 1. The molecule has 0 aromatic heterocycles. The first-order valence-electron chi connectivity index (χ1n) is 4.17. The molecule has 0 amide bonds. The van der Waals surface area contributed by atoms with Crippen LogP contribution in [-0.4, -0.2) is 26.8 Å². The molecule has 2 heteroatoms. The maximum atomic E-state index is 5.30. The maximum absolute atomic E-state index is 5.30. The summed E-state index contributed by atoms with van der Waals surface area (Å²) >= 11 is 0. The van der Waals surface area contributed by atoms with Gasteiger partial charge in [-0.3, -0.25) is 0 Å². The number of rotatable bonds is 4. The first kappa shape index (κ1) is 10.9. The molecule has 2 nitrogen and oxygen atoms in total. The maximum Gasteiger partial charge on any atom is 0.0700 e. The number of ether oxygens (including phenoxy) is 1. The summed E-state index contributed by atoms with van der Waals surface area (Å²) in [6.45, 7) is 7.63. The third-order valence-corrected chi connectivity index (χ3v) is 1.61. The summed E-state index contributed by atoms with van der Waals surface area (Å²) in [6, 6.07) is 0. The molecule has 1 atom stereocenters. The van der Waals surface area contributed by atoms with Gasteiger partial charge in [-0.25, -0.2) is 0 Å². The van der Waals surface area contributed by atoms with Crippen LogP contribution in [0.2, 0.25) is 0 Å². The molecule has 0 aromatic carbocycles.